The second-order valence-corrected chi connectivity index (χ2v) is 3.36. The number of hydrogen-bond acceptors (Lipinski definition) is 3. The summed E-state index contributed by atoms with van der Waals surface area (Å²) in [5.74, 6) is -0.844. The second kappa shape index (κ2) is 4.53. The molecule has 0 saturated heterocycles. The third-order valence-electron chi connectivity index (χ3n) is 2.14. The van der Waals surface area contributed by atoms with E-state index in [1.165, 1.54) is 0 Å². The lowest BCUT2D eigenvalue weighted by atomic mass is 10.1. The van der Waals surface area contributed by atoms with E-state index in [9.17, 15) is 4.79 Å². The molecule has 2 aromatic rings. The fourth-order valence-electron chi connectivity index (χ4n) is 1.43. The molecule has 2 heterocycles. The fourth-order valence-corrected chi connectivity index (χ4v) is 1.43. The summed E-state index contributed by atoms with van der Waals surface area (Å²) in [6.07, 6.45) is 5.01. The molecule has 0 aliphatic carbocycles. The lowest BCUT2D eigenvalue weighted by Gasteiger charge is -2.02. The first-order chi connectivity index (χ1) is 7.75. The molecular formula is C12H10N2O2. The molecule has 2 rings (SSSR count). The van der Waals surface area contributed by atoms with E-state index in [-0.39, 0.29) is 6.42 Å². The molecule has 0 saturated carbocycles. The normalized spacial score (nSPS) is 10.0. The van der Waals surface area contributed by atoms with Crippen LogP contribution >= 0.6 is 0 Å². The fraction of sp³-hybridized carbons (Fsp3) is 0.0833. The van der Waals surface area contributed by atoms with Crippen LogP contribution in [0.15, 0.2) is 42.9 Å². The third-order valence-corrected chi connectivity index (χ3v) is 2.14. The zero-order chi connectivity index (χ0) is 11.4. The highest BCUT2D eigenvalue weighted by Gasteiger charge is 2.03. The number of rotatable bonds is 3. The lowest BCUT2D eigenvalue weighted by molar-refractivity contribution is -0.136. The molecule has 0 spiro atoms. The number of aliphatic carboxylic acids is 1. The molecule has 0 aliphatic heterocycles. The van der Waals surface area contributed by atoms with Crippen molar-refractivity contribution in [1.82, 2.24) is 9.97 Å². The van der Waals surface area contributed by atoms with Gasteiger partial charge in [0.25, 0.3) is 0 Å². The van der Waals surface area contributed by atoms with Gasteiger partial charge in [-0.05, 0) is 29.8 Å². The first kappa shape index (κ1) is 10.3. The number of aromatic nitrogens is 2. The van der Waals surface area contributed by atoms with Crippen LogP contribution in [-0.2, 0) is 11.2 Å². The van der Waals surface area contributed by atoms with E-state index in [4.69, 9.17) is 5.11 Å². The highest BCUT2D eigenvalue weighted by molar-refractivity contribution is 5.71. The van der Waals surface area contributed by atoms with Crippen molar-refractivity contribution >= 4 is 5.97 Å². The minimum atomic E-state index is -0.844. The molecule has 0 aliphatic rings. The Morgan fingerprint density at radius 2 is 2.19 bits per heavy atom. The van der Waals surface area contributed by atoms with Gasteiger partial charge in [-0.3, -0.25) is 14.8 Å². The van der Waals surface area contributed by atoms with E-state index >= 15 is 0 Å². The van der Waals surface area contributed by atoms with Crippen LogP contribution in [0.2, 0.25) is 0 Å². The van der Waals surface area contributed by atoms with E-state index in [2.05, 4.69) is 9.97 Å². The molecule has 0 amide bonds. The Labute approximate surface area is 92.6 Å². The van der Waals surface area contributed by atoms with Crippen molar-refractivity contribution in [3.63, 3.8) is 0 Å². The van der Waals surface area contributed by atoms with Crippen LogP contribution in [0.25, 0.3) is 11.3 Å². The predicted molar refractivity (Wildman–Crippen MR) is 58.8 cm³/mol. The number of pyridine rings is 2. The van der Waals surface area contributed by atoms with E-state index in [1.807, 2.05) is 12.1 Å². The number of nitrogens with zero attached hydrogens (tertiary/aromatic N) is 2. The van der Waals surface area contributed by atoms with Crippen LogP contribution in [-0.4, -0.2) is 21.0 Å². The maximum atomic E-state index is 10.6. The molecule has 1 N–H and O–H groups in total. The van der Waals surface area contributed by atoms with Crippen LogP contribution < -0.4 is 0 Å². The standard InChI is InChI=1S/C12H10N2O2/c15-12(16)7-9-3-5-14-11(6-9)10-2-1-4-13-8-10/h1-6,8H,7H2,(H,15,16). The van der Waals surface area contributed by atoms with Gasteiger partial charge in [-0.2, -0.15) is 0 Å². The van der Waals surface area contributed by atoms with Gasteiger partial charge >= 0.3 is 5.97 Å². The Morgan fingerprint density at radius 1 is 1.31 bits per heavy atom. The zero-order valence-electron chi connectivity index (χ0n) is 8.50. The van der Waals surface area contributed by atoms with E-state index in [0.29, 0.717) is 0 Å². The van der Waals surface area contributed by atoms with Gasteiger partial charge in [0.2, 0.25) is 0 Å². The maximum Gasteiger partial charge on any atom is 0.307 e. The molecule has 0 aromatic carbocycles. The Hall–Kier alpha value is -2.23. The van der Waals surface area contributed by atoms with Gasteiger partial charge in [-0.25, -0.2) is 0 Å². The van der Waals surface area contributed by atoms with Crippen molar-refractivity contribution in [2.45, 2.75) is 6.42 Å². The highest BCUT2D eigenvalue weighted by Crippen LogP contribution is 2.16. The Balaban J connectivity index is 2.33. The van der Waals surface area contributed by atoms with Gasteiger partial charge in [0.05, 0.1) is 12.1 Å². The summed E-state index contributed by atoms with van der Waals surface area (Å²) in [4.78, 5) is 18.8. The quantitative estimate of drug-likeness (QED) is 0.845. The maximum absolute atomic E-state index is 10.6. The Kier molecular flexibility index (Phi) is 2.91. The van der Waals surface area contributed by atoms with Gasteiger partial charge in [-0.15, -0.1) is 0 Å². The summed E-state index contributed by atoms with van der Waals surface area (Å²) in [6, 6.07) is 7.18. The molecule has 0 unspecified atom stereocenters. The van der Waals surface area contributed by atoms with E-state index < -0.39 is 5.97 Å². The van der Waals surface area contributed by atoms with Crippen molar-refractivity contribution < 1.29 is 9.90 Å². The van der Waals surface area contributed by atoms with E-state index in [0.717, 1.165) is 16.8 Å². The summed E-state index contributed by atoms with van der Waals surface area (Å²) in [5, 5.41) is 8.70. The smallest absolute Gasteiger partial charge is 0.307 e. The first-order valence-electron chi connectivity index (χ1n) is 4.83. The molecule has 0 radical (unpaired) electrons. The van der Waals surface area contributed by atoms with Crippen LogP contribution in [0.5, 0.6) is 0 Å². The summed E-state index contributed by atoms with van der Waals surface area (Å²) >= 11 is 0. The molecule has 16 heavy (non-hydrogen) atoms. The topological polar surface area (TPSA) is 63.1 Å². The molecule has 80 valence electrons. The van der Waals surface area contributed by atoms with Crippen molar-refractivity contribution in [2.75, 3.05) is 0 Å². The minimum absolute atomic E-state index is 0.00970. The minimum Gasteiger partial charge on any atom is -0.481 e. The van der Waals surface area contributed by atoms with Crippen LogP contribution in [0.4, 0.5) is 0 Å². The highest BCUT2D eigenvalue weighted by atomic mass is 16.4. The van der Waals surface area contributed by atoms with Gasteiger partial charge in [0.1, 0.15) is 0 Å². The molecule has 2 aromatic heterocycles. The molecule has 0 atom stereocenters. The Morgan fingerprint density at radius 3 is 2.88 bits per heavy atom. The van der Waals surface area contributed by atoms with Gasteiger partial charge < -0.3 is 5.11 Å². The molecule has 0 fully saturated rings. The van der Waals surface area contributed by atoms with Crippen molar-refractivity contribution in [3.05, 3.63) is 48.4 Å². The summed E-state index contributed by atoms with van der Waals surface area (Å²) < 4.78 is 0. The lowest BCUT2D eigenvalue weighted by Crippen LogP contribution is -2.00. The van der Waals surface area contributed by atoms with E-state index in [1.54, 1.807) is 30.7 Å². The predicted octanol–water partition coefficient (Wildman–Crippen LogP) is 1.77. The van der Waals surface area contributed by atoms with Crippen LogP contribution in [0.1, 0.15) is 5.56 Å². The van der Waals surface area contributed by atoms with Crippen molar-refractivity contribution in [2.24, 2.45) is 0 Å². The molecule has 4 heteroatoms. The summed E-state index contributed by atoms with van der Waals surface area (Å²) in [6.45, 7) is 0. The number of carbonyl (C=O) groups is 1. The largest absolute Gasteiger partial charge is 0.481 e. The van der Waals surface area contributed by atoms with Crippen LogP contribution in [0.3, 0.4) is 0 Å². The average molecular weight is 214 g/mol. The van der Waals surface area contributed by atoms with Gasteiger partial charge in [-0.1, -0.05) is 0 Å². The Bertz CT molecular complexity index is 497. The monoisotopic (exact) mass is 214 g/mol. The molecule has 0 bridgehead atoms. The van der Waals surface area contributed by atoms with Crippen molar-refractivity contribution in [3.8, 4) is 11.3 Å². The number of hydrogen-bond donors (Lipinski definition) is 1. The third kappa shape index (κ3) is 2.42. The molecular weight excluding hydrogens is 204 g/mol. The molecule has 4 nitrogen and oxygen atoms in total. The zero-order valence-corrected chi connectivity index (χ0v) is 8.50. The van der Waals surface area contributed by atoms with Gasteiger partial charge in [0.15, 0.2) is 0 Å². The summed E-state index contributed by atoms with van der Waals surface area (Å²) in [7, 11) is 0. The first-order valence-corrected chi connectivity index (χ1v) is 4.83. The average Bonchev–Trinajstić information content (AvgIpc) is 2.30. The van der Waals surface area contributed by atoms with Crippen LogP contribution in [0, 0.1) is 0 Å². The number of carboxylic acids is 1. The summed E-state index contributed by atoms with van der Waals surface area (Å²) in [5.41, 5.74) is 2.36. The van der Waals surface area contributed by atoms with Gasteiger partial charge in [0, 0.05) is 24.2 Å². The van der Waals surface area contributed by atoms with Crippen molar-refractivity contribution in [1.29, 1.82) is 0 Å². The number of carboxylic acid groups (broad SMARTS) is 1. The second-order valence-electron chi connectivity index (χ2n) is 3.36. The SMILES string of the molecule is O=C(O)Cc1ccnc(-c2cccnc2)c1.